The van der Waals surface area contributed by atoms with Gasteiger partial charge >= 0.3 is 12.1 Å². The number of oxime groups is 2. The maximum atomic E-state index is 15.0. The van der Waals surface area contributed by atoms with Crippen molar-refractivity contribution >= 4 is 23.5 Å². The van der Waals surface area contributed by atoms with E-state index >= 15 is 4.39 Å². The number of halogens is 4. The average molecular weight is 589 g/mol. The Morgan fingerprint density at radius 1 is 0.976 bits per heavy atom. The summed E-state index contributed by atoms with van der Waals surface area (Å²) in [5.74, 6) is -1.26. The maximum absolute atomic E-state index is 15.0. The molecule has 0 spiro atoms. The van der Waals surface area contributed by atoms with Crippen LogP contribution in [-0.4, -0.2) is 39.2 Å². The molecule has 222 valence electrons. The molecule has 42 heavy (non-hydrogen) atoms. The van der Waals surface area contributed by atoms with Gasteiger partial charge in [-0.25, -0.2) is 9.18 Å². The second-order valence-electron chi connectivity index (χ2n) is 8.62. The molecule has 3 rings (SSSR count). The zero-order chi connectivity index (χ0) is 30.7. The largest absolute Gasteiger partial charge is 0.503 e. The molecule has 0 radical (unpaired) electrons. The van der Waals surface area contributed by atoms with Crippen molar-refractivity contribution in [1.29, 1.82) is 0 Å². The number of benzene rings is 3. The number of esters is 1. The summed E-state index contributed by atoms with van der Waals surface area (Å²) in [6, 6.07) is 15.5. The topological polar surface area (TPSA) is 87.9 Å². The Bertz CT molecular complexity index is 1470. The highest BCUT2D eigenvalue weighted by Gasteiger charge is 2.30. The third-order valence-corrected chi connectivity index (χ3v) is 5.79. The van der Waals surface area contributed by atoms with E-state index in [0.29, 0.717) is 11.1 Å². The van der Waals surface area contributed by atoms with Crippen molar-refractivity contribution in [2.75, 3.05) is 21.3 Å². The number of rotatable bonds is 12. The van der Waals surface area contributed by atoms with Gasteiger partial charge in [0, 0.05) is 17.2 Å². The van der Waals surface area contributed by atoms with Crippen LogP contribution in [0.2, 0.25) is 0 Å². The van der Waals surface area contributed by atoms with Gasteiger partial charge in [-0.2, -0.15) is 13.2 Å². The normalized spacial score (nSPS) is 13.0. The average Bonchev–Trinajstić information content (AvgIpc) is 2.98. The molecular formula is C30H28F4N2O6. The van der Waals surface area contributed by atoms with E-state index in [9.17, 15) is 18.0 Å². The first-order valence-electron chi connectivity index (χ1n) is 12.4. The monoisotopic (exact) mass is 588 g/mol. The van der Waals surface area contributed by atoms with Crippen LogP contribution >= 0.6 is 0 Å². The molecule has 0 fully saturated rings. The second-order valence-corrected chi connectivity index (χ2v) is 8.62. The van der Waals surface area contributed by atoms with Gasteiger partial charge in [-0.1, -0.05) is 46.7 Å². The van der Waals surface area contributed by atoms with Gasteiger partial charge in [0.25, 0.3) is 0 Å². The van der Waals surface area contributed by atoms with Gasteiger partial charge in [-0.3, -0.25) is 0 Å². The Kier molecular flexibility index (Phi) is 11.1. The Morgan fingerprint density at radius 2 is 1.74 bits per heavy atom. The third kappa shape index (κ3) is 8.32. The molecule has 0 bridgehead atoms. The lowest BCUT2D eigenvalue weighted by Gasteiger charge is -2.16. The smallest absolute Gasteiger partial charge is 0.416 e. The van der Waals surface area contributed by atoms with Gasteiger partial charge in [0.2, 0.25) is 0 Å². The molecule has 3 aromatic rings. The van der Waals surface area contributed by atoms with Crippen LogP contribution < -0.4 is 4.74 Å². The molecule has 0 saturated heterocycles. The number of nitrogens with zero attached hydrogens (tertiary/aromatic N) is 2. The minimum absolute atomic E-state index is 0.000299. The van der Waals surface area contributed by atoms with Gasteiger partial charge in [0.1, 0.15) is 42.7 Å². The van der Waals surface area contributed by atoms with Crippen LogP contribution in [0.5, 0.6) is 5.75 Å². The molecule has 1 atom stereocenters. The van der Waals surface area contributed by atoms with Crippen molar-refractivity contribution in [2.45, 2.75) is 25.8 Å². The van der Waals surface area contributed by atoms with E-state index in [2.05, 4.69) is 10.3 Å². The molecule has 3 aromatic carbocycles. The van der Waals surface area contributed by atoms with Crippen LogP contribution in [0.25, 0.3) is 5.57 Å². The summed E-state index contributed by atoms with van der Waals surface area (Å²) >= 11 is 0. The van der Waals surface area contributed by atoms with Crippen molar-refractivity contribution < 1.29 is 46.2 Å². The highest BCUT2D eigenvalue weighted by atomic mass is 19.4. The number of alkyl halides is 3. The maximum Gasteiger partial charge on any atom is 0.416 e. The number of hydrogen-bond donors (Lipinski definition) is 0. The van der Waals surface area contributed by atoms with Crippen LogP contribution in [0.1, 0.15) is 40.8 Å². The summed E-state index contributed by atoms with van der Waals surface area (Å²) in [4.78, 5) is 22.7. The fraction of sp³-hybridized carbons (Fsp3) is 0.233. The van der Waals surface area contributed by atoms with E-state index < -0.39 is 29.6 Å². The van der Waals surface area contributed by atoms with Crippen LogP contribution in [0.15, 0.2) is 83.3 Å². The predicted molar refractivity (Wildman–Crippen MR) is 147 cm³/mol. The number of methoxy groups -OCH3 is 2. The summed E-state index contributed by atoms with van der Waals surface area (Å²) in [5.41, 5.74) is 0.726. The summed E-state index contributed by atoms with van der Waals surface area (Å²) in [5, 5.41) is 7.73. The van der Waals surface area contributed by atoms with Crippen LogP contribution in [0.3, 0.4) is 0 Å². The SMILES string of the molecule is COC=C(C(=O)OC)c1ccccc1C(C)ON=CC(=NOC)c1ccc(OCc2cccc(C(F)(F)F)c2)cc1F. The zero-order valence-electron chi connectivity index (χ0n) is 23.1. The van der Waals surface area contributed by atoms with Crippen molar-refractivity contribution in [2.24, 2.45) is 10.3 Å². The standard InChI is InChI=1S/C30H28F4N2O6/c1-19(23-10-5-6-11-24(23)26(18-38-2)29(37)39-3)42-35-16-28(36-40-4)25-13-12-22(15-27(25)31)41-17-20-8-7-9-21(14-20)30(32,33)34/h5-16,18-19H,17H2,1-4H3. The molecule has 0 N–H and O–H groups in total. The lowest BCUT2D eigenvalue weighted by atomic mass is 9.97. The second kappa shape index (κ2) is 14.7. The molecule has 0 heterocycles. The third-order valence-electron chi connectivity index (χ3n) is 5.79. The summed E-state index contributed by atoms with van der Waals surface area (Å²) in [7, 11) is 3.93. The van der Waals surface area contributed by atoms with Crippen LogP contribution in [-0.2, 0) is 36.7 Å². The van der Waals surface area contributed by atoms with E-state index in [-0.39, 0.29) is 34.8 Å². The zero-order valence-corrected chi connectivity index (χ0v) is 23.1. The Labute approximate surface area is 239 Å². The molecule has 12 heteroatoms. The molecule has 0 aliphatic carbocycles. The number of ether oxygens (including phenoxy) is 3. The minimum atomic E-state index is -4.49. The van der Waals surface area contributed by atoms with E-state index in [0.717, 1.165) is 24.4 Å². The molecule has 0 aliphatic heterocycles. The molecule has 1 unspecified atom stereocenters. The first-order chi connectivity index (χ1) is 20.1. The first kappa shape index (κ1) is 31.7. The van der Waals surface area contributed by atoms with Crippen molar-refractivity contribution in [3.63, 3.8) is 0 Å². The van der Waals surface area contributed by atoms with E-state index in [1.165, 1.54) is 51.9 Å². The van der Waals surface area contributed by atoms with Crippen molar-refractivity contribution in [1.82, 2.24) is 0 Å². The number of carbonyl (C=O) groups is 1. The molecular weight excluding hydrogens is 560 g/mol. The number of hydrogen-bond acceptors (Lipinski definition) is 8. The van der Waals surface area contributed by atoms with Crippen molar-refractivity contribution in [3.8, 4) is 5.75 Å². The lowest BCUT2D eigenvalue weighted by molar-refractivity contribution is -0.137. The van der Waals surface area contributed by atoms with Gasteiger partial charge in [-0.15, -0.1) is 0 Å². The fourth-order valence-electron chi connectivity index (χ4n) is 3.81. The highest BCUT2D eigenvalue weighted by molar-refractivity contribution is 6.38. The molecule has 0 amide bonds. The molecule has 0 aromatic heterocycles. The lowest BCUT2D eigenvalue weighted by Crippen LogP contribution is -2.10. The first-order valence-corrected chi connectivity index (χ1v) is 12.4. The van der Waals surface area contributed by atoms with Crippen LogP contribution in [0.4, 0.5) is 17.6 Å². The highest BCUT2D eigenvalue weighted by Crippen LogP contribution is 2.30. The molecule has 8 nitrogen and oxygen atoms in total. The molecule has 0 saturated carbocycles. The van der Waals surface area contributed by atoms with Crippen molar-refractivity contribution in [3.05, 3.63) is 107 Å². The Balaban J connectivity index is 1.74. The van der Waals surface area contributed by atoms with Gasteiger partial charge < -0.3 is 23.9 Å². The Morgan fingerprint density at radius 3 is 2.40 bits per heavy atom. The molecule has 0 aliphatic rings. The van der Waals surface area contributed by atoms with Crippen LogP contribution in [0, 0.1) is 5.82 Å². The van der Waals surface area contributed by atoms with E-state index in [4.69, 9.17) is 23.9 Å². The summed E-state index contributed by atoms with van der Waals surface area (Å²) in [6.45, 7) is 1.50. The van der Waals surface area contributed by atoms with E-state index in [1.807, 2.05) is 0 Å². The summed E-state index contributed by atoms with van der Waals surface area (Å²) in [6.07, 6.45) is -2.74. The van der Waals surface area contributed by atoms with E-state index in [1.54, 1.807) is 31.2 Å². The fourth-order valence-corrected chi connectivity index (χ4v) is 3.81. The predicted octanol–water partition coefficient (Wildman–Crippen LogP) is 6.70. The van der Waals surface area contributed by atoms with Gasteiger partial charge in [0.15, 0.2) is 0 Å². The minimum Gasteiger partial charge on any atom is -0.503 e. The van der Waals surface area contributed by atoms with Gasteiger partial charge in [-0.05, 0) is 42.3 Å². The summed E-state index contributed by atoms with van der Waals surface area (Å²) < 4.78 is 69.2. The quantitative estimate of drug-likeness (QED) is 0.0585. The van der Waals surface area contributed by atoms with Gasteiger partial charge in [0.05, 0.1) is 32.3 Å². The number of carbonyl (C=O) groups excluding carboxylic acids is 1. The Hall–Kier alpha value is -4.87.